The summed E-state index contributed by atoms with van der Waals surface area (Å²) in [6.45, 7) is 0.430. The van der Waals surface area contributed by atoms with Crippen LogP contribution in [0, 0.1) is 0 Å². The van der Waals surface area contributed by atoms with Gasteiger partial charge < -0.3 is 16.2 Å². The Balaban J connectivity index is 1.87. The van der Waals surface area contributed by atoms with Crippen molar-refractivity contribution in [3.63, 3.8) is 0 Å². The van der Waals surface area contributed by atoms with Crippen molar-refractivity contribution >= 4 is 11.4 Å². The maximum atomic E-state index is 13.4. The zero-order valence-corrected chi connectivity index (χ0v) is 14.5. The third kappa shape index (κ3) is 4.03. The number of aryl methyl sites for hydroxylation is 1. The molecule has 0 saturated heterocycles. The van der Waals surface area contributed by atoms with Crippen molar-refractivity contribution in [2.75, 3.05) is 11.5 Å². The molecule has 0 saturated carbocycles. The molecule has 0 radical (unpaired) electrons. The van der Waals surface area contributed by atoms with E-state index in [1.807, 2.05) is 0 Å². The van der Waals surface area contributed by atoms with Crippen LogP contribution in [-0.4, -0.2) is 14.8 Å². The van der Waals surface area contributed by atoms with Crippen LogP contribution in [0.2, 0.25) is 0 Å². The number of rotatable bonds is 5. The Kier molecular flexibility index (Phi) is 5.04. The molecular weight excluding hydrogens is 359 g/mol. The minimum Gasteiger partial charge on any atom is -0.397 e. The first-order valence-corrected chi connectivity index (χ1v) is 8.02. The SMILES string of the molecule is Cn1ncnc1COCc1cccc(-c2c(C(F)(F)F)ccc(N)c2N)c1. The fraction of sp³-hybridized carbons (Fsp3) is 0.222. The van der Waals surface area contributed by atoms with Crippen LogP contribution in [0.15, 0.2) is 42.7 Å². The summed E-state index contributed by atoms with van der Waals surface area (Å²) in [5.41, 5.74) is 11.7. The highest BCUT2D eigenvalue weighted by Gasteiger charge is 2.35. The van der Waals surface area contributed by atoms with E-state index in [1.165, 1.54) is 6.33 Å². The normalized spacial score (nSPS) is 11.7. The molecule has 0 fully saturated rings. The molecule has 0 aliphatic rings. The van der Waals surface area contributed by atoms with Gasteiger partial charge >= 0.3 is 6.18 Å². The first-order valence-electron chi connectivity index (χ1n) is 8.02. The van der Waals surface area contributed by atoms with Gasteiger partial charge in [-0.1, -0.05) is 18.2 Å². The van der Waals surface area contributed by atoms with E-state index in [-0.39, 0.29) is 30.2 Å². The van der Waals surface area contributed by atoms with Gasteiger partial charge in [0.05, 0.1) is 23.5 Å². The smallest absolute Gasteiger partial charge is 0.397 e. The fourth-order valence-electron chi connectivity index (χ4n) is 2.71. The molecule has 3 aromatic rings. The summed E-state index contributed by atoms with van der Waals surface area (Å²) in [5, 5.41) is 3.94. The van der Waals surface area contributed by atoms with E-state index < -0.39 is 11.7 Å². The molecule has 3 rings (SSSR count). The van der Waals surface area contributed by atoms with Crippen LogP contribution in [0.25, 0.3) is 11.1 Å². The first-order chi connectivity index (χ1) is 12.8. The Hall–Kier alpha value is -3.07. The van der Waals surface area contributed by atoms with Gasteiger partial charge in [0.15, 0.2) is 5.82 Å². The lowest BCUT2D eigenvalue weighted by atomic mass is 9.95. The largest absolute Gasteiger partial charge is 0.417 e. The van der Waals surface area contributed by atoms with Crippen LogP contribution in [0.5, 0.6) is 0 Å². The van der Waals surface area contributed by atoms with E-state index in [0.29, 0.717) is 17.0 Å². The summed E-state index contributed by atoms with van der Waals surface area (Å²) in [6, 6.07) is 8.69. The second-order valence-electron chi connectivity index (χ2n) is 5.98. The Morgan fingerprint density at radius 2 is 1.89 bits per heavy atom. The summed E-state index contributed by atoms with van der Waals surface area (Å²) in [6.07, 6.45) is -3.13. The van der Waals surface area contributed by atoms with Gasteiger partial charge in [0, 0.05) is 12.6 Å². The van der Waals surface area contributed by atoms with Crippen molar-refractivity contribution in [3.05, 3.63) is 59.7 Å². The number of aromatic nitrogens is 3. The molecule has 27 heavy (non-hydrogen) atoms. The van der Waals surface area contributed by atoms with Gasteiger partial charge in [-0.3, -0.25) is 4.68 Å². The molecule has 142 valence electrons. The van der Waals surface area contributed by atoms with Crippen molar-refractivity contribution in [1.29, 1.82) is 0 Å². The van der Waals surface area contributed by atoms with Gasteiger partial charge in [-0.15, -0.1) is 0 Å². The second-order valence-corrected chi connectivity index (χ2v) is 5.98. The van der Waals surface area contributed by atoms with Crippen LogP contribution in [0.1, 0.15) is 17.0 Å². The van der Waals surface area contributed by atoms with E-state index in [0.717, 1.165) is 12.1 Å². The summed E-state index contributed by atoms with van der Waals surface area (Å²) < 4.78 is 47.4. The molecule has 0 bridgehead atoms. The van der Waals surface area contributed by atoms with Crippen LogP contribution in [0.3, 0.4) is 0 Å². The Morgan fingerprint density at radius 1 is 1.11 bits per heavy atom. The molecule has 1 aromatic heterocycles. The van der Waals surface area contributed by atoms with Crippen LogP contribution < -0.4 is 11.5 Å². The van der Waals surface area contributed by atoms with Crippen LogP contribution in [0.4, 0.5) is 24.5 Å². The molecule has 9 heteroatoms. The quantitative estimate of drug-likeness (QED) is 0.665. The zero-order valence-electron chi connectivity index (χ0n) is 14.5. The predicted octanol–water partition coefficient (Wildman–Crippen LogP) is 3.38. The number of anilines is 2. The molecular formula is C18H18F3N5O. The van der Waals surface area contributed by atoms with E-state index in [9.17, 15) is 13.2 Å². The standard InChI is InChI=1S/C18H18F3N5O/c1-26-15(24-10-25-26)9-27-8-11-3-2-4-12(7-11)16-13(18(19,20)21)5-6-14(22)17(16)23/h2-7,10H,8-9,22-23H2,1H3. The third-order valence-electron chi connectivity index (χ3n) is 4.11. The van der Waals surface area contributed by atoms with Gasteiger partial charge in [-0.05, 0) is 29.3 Å². The lowest BCUT2D eigenvalue weighted by molar-refractivity contribution is -0.137. The van der Waals surface area contributed by atoms with E-state index >= 15 is 0 Å². The average molecular weight is 377 g/mol. The van der Waals surface area contributed by atoms with Crippen molar-refractivity contribution < 1.29 is 17.9 Å². The minimum absolute atomic E-state index is 0.0954. The second kappa shape index (κ2) is 7.28. The fourth-order valence-corrected chi connectivity index (χ4v) is 2.71. The van der Waals surface area contributed by atoms with Crippen molar-refractivity contribution in [3.8, 4) is 11.1 Å². The molecule has 4 N–H and O–H groups in total. The number of nitrogens with zero attached hydrogens (tertiary/aromatic N) is 3. The predicted molar refractivity (Wildman–Crippen MR) is 95.2 cm³/mol. The maximum Gasteiger partial charge on any atom is 0.417 e. The zero-order chi connectivity index (χ0) is 19.6. The number of ether oxygens (including phenoxy) is 1. The molecule has 1 heterocycles. The molecule has 0 aliphatic carbocycles. The van der Waals surface area contributed by atoms with E-state index in [4.69, 9.17) is 16.2 Å². The van der Waals surface area contributed by atoms with E-state index in [1.54, 1.807) is 36.0 Å². The highest BCUT2D eigenvalue weighted by atomic mass is 19.4. The summed E-state index contributed by atoms with van der Waals surface area (Å²) in [7, 11) is 1.74. The number of hydrogen-bond acceptors (Lipinski definition) is 5. The number of halogens is 3. The van der Waals surface area contributed by atoms with Gasteiger partial charge in [0.2, 0.25) is 0 Å². The Morgan fingerprint density at radius 3 is 2.56 bits per heavy atom. The lowest BCUT2D eigenvalue weighted by Crippen LogP contribution is -2.10. The molecule has 2 aromatic carbocycles. The van der Waals surface area contributed by atoms with Gasteiger partial charge in [0.25, 0.3) is 0 Å². The summed E-state index contributed by atoms with van der Waals surface area (Å²) >= 11 is 0. The minimum atomic E-state index is -4.55. The average Bonchev–Trinajstić information content (AvgIpc) is 3.01. The number of nitrogen functional groups attached to an aromatic ring is 2. The summed E-state index contributed by atoms with van der Waals surface area (Å²) in [4.78, 5) is 4.04. The number of nitrogens with two attached hydrogens (primary N) is 2. The Labute approximate surface area is 153 Å². The molecule has 6 nitrogen and oxygen atoms in total. The van der Waals surface area contributed by atoms with Crippen LogP contribution >= 0.6 is 0 Å². The van der Waals surface area contributed by atoms with Crippen LogP contribution in [-0.2, 0) is 31.2 Å². The molecule has 0 unspecified atom stereocenters. The van der Waals surface area contributed by atoms with Gasteiger partial charge in [0.1, 0.15) is 12.9 Å². The number of benzene rings is 2. The van der Waals surface area contributed by atoms with E-state index in [2.05, 4.69) is 10.1 Å². The van der Waals surface area contributed by atoms with Gasteiger partial charge in [-0.25, -0.2) is 4.98 Å². The number of alkyl halides is 3. The molecule has 0 atom stereocenters. The van der Waals surface area contributed by atoms with Crippen molar-refractivity contribution in [1.82, 2.24) is 14.8 Å². The highest BCUT2D eigenvalue weighted by Crippen LogP contribution is 2.42. The summed E-state index contributed by atoms with van der Waals surface area (Å²) in [5.74, 6) is 0.644. The molecule has 0 aliphatic heterocycles. The Bertz CT molecular complexity index is 952. The lowest BCUT2D eigenvalue weighted by Gasteiger charge is -2.17. The maximum absolute atomic E-state index is 13.4. The third-order valence-corrected chi connectivity index (χ3v) is 4.11. The topological polar surface area (TPSA) is 92.0 Å². The van der Waals surface area contributed by atoms with Crippen molar-refractivity contribution in [2.24, 2.45) is 7.05 Å². The first kappa shape index (κ1) is 18.7. The van der Waals surface area contributed by atoms with Gasteiger partial charge in [-0.2, -0.15) is 18.3 Å². The highest BCUT2D eigenvalue weighted by molar-refractivity contribution is 5.87. The molecule has 0 spiro atoms. The molecule has 0 amide bonds. The monoisotopic (exact) mass is 377 g/mol. The number of hydrogen-bond donors (Lipinski definition) is 2. The van der Waals surface area contributed by atoms with Crippen molar-refractivity contribution in [2.45, 2.75) is 19.4 Å².